The van der Waals surface area contributed by atoms with Crippen molar-refractivity contribution in [2.45, 2.75) is 13.3 Å². The fraction of sp³-hybridized carbons (Fsp3) is 0.100. The number of hydrogen-bond donors (Lipinski definition) is 0. The standard InChI is InChI=1S/C13H10.C7H8/c1-3-7-12-10(5-1)9-11-6-2-4-8-13(11)12;1-7-5-3-2-4-6-7/h1-8H,9H2;2-6H,1H3. The summed E-state index contributed by atoms with van der Waals surface area (Å²) < 4.78 is 0. The lowest BCUT2D eigenvalue weighted by Gasteiger charge is -1.98. The van der Waals surface area contributed by atoms with Gasteiger partial charge in [0.1, 0.15) is 0 Å². The molecule has 0 amide bonds. The second-order valence-corrected chi connectivity index (χ2v) is 5.15. The van der Waals surface area contributed by atoms with Crippen molar-refractivity contribution >= 4 is 0 Å². The Morgan fingerprint density at radius 1 is 0.550 bits per heavy atom. The van der Waals surface area contributed by atoms with Crippen molar-refractivity contribution in [1.82, 2.24) is 0 Å². The van der Waals surface area contributed by atoms with E-state index in [1.807, 2.05) is 18.2 Å². The van der Waals surface area contributed by atoms with Gasteiger partial charge in [-0.1, -0.05) is 84.4 Å². The van der Waals surface area contributed by atoms with Gasteiger partial charge in [-0.05, 0) is 35.6 Å². The lowest BCUT2D eigenvalue weighted by atomic mass is 10.1. The summed E-state index contributed by atoms with van der Waals surface area (Å²) in [5.74, 6) is 0. The van der Waals surface area contributed by atoms with Crippen LogP contribution < -0.4 is 0 Å². The highest BCUT2D eigenvalue weighted by Crippen LogP contribution is 2.35. The summed E-state index contributed by atoms with van der Waals surface area (Å²) in [6.07, 6.45) is 1.10. The van der Waals surface area contributed by atoms with Crippen molar-refractivity contribution < 1.29 is 0 Å². The third-order valence-corrected chi connectivity index (χ3v) is 3.65. The molecule has 0 radical (unpaired) electrons. The molecule has 20 heavy (non-hydrogen) atoms. The molecule has 1 aliphatic carbocycles. The molecule has 0 heterocycles. The topological polar surface area (TPSA) is 0 Å². The number of fused-ring (bicyclic) bond motifs is 3. The van der Waals surface area contributed by atoms with Crippen molar-refractivity contribution in [1.29, 1.82) is 0 Å². The summed E-state index contributed by atoms with van der Waals surface area (Å²) in [5, 5.41) is 0. The fourth-order valence-corrected chi connectivity index (χ4v) is 2.61. The SMILES string of the molecule is Cc1ccccc1.c1ccc2c(c1)Cc1ccccc1-2. The van der Waals surface area contributed by atoms with Crippen LogP contribution >= 0.6 is 0 Å². The first-order valence-corrected chi connectivity index (χ1v) is 7.02. The quantitative estimate of drug-likeness (QED) is 0.404. The average molecular weight is 258 g/mol. The van der Waals surface area contributed by atoms with Crippen LogP contribution in [-0.2, 0) is 6.42 Å². The second-order valence-electron chi connectivity index (χ2n) is 5.15. The molecular formula is C20H18. The molecule has 0 fully saturated rings. The van der Waals surface area contributed by atoms with Crippen molar-refractivity contribution in [3.63, 3.8) is 0 Å². The van der Waals surface area contributed by atoms with E-state index in [4.69, 9.17) is 0 Å². The molecule has 1 aliphatic rings. The summed E-state index contributed by atoms with van der Waals surface area (Å²) >= 11 is 0. The van der Waals surface area contributed by atoms with Crippen LogP contribution in [0.15, 0.2) is 78.9 Å². The van der Waals surface area contributed by atoms with E-state index in [9.17, 15) is 0 Å². The number of rotatable bonds is 0. The van der Waals surface area contributed by atoms with Gasteiger partial charge in [-0.3, -0.25) is 0 Å². The summed E-state index contributed by atoms with van der Waals surface area (Å²) in [6.45, 7) is 2.08. The van der Waals surface area contributed by atoms with Gasteiger partial charge in [0.25, 0.3) is 0 Å². The first kappa shape index (κ1) is 12.7. The van der Waals surface area contributed by atoms with Gasteiger partial charge in [0, 0.05) is 0 Å². The molecule has 0 aliphatic heterocycles. The highest BCUT2D eigenvalue weighted by molar-refractivity contribution is 5.76. The molecule has 0 atom stereocenters. The molecule has 0 N–H and O–H groups in total. The smallest absolute Gasteiger partial charge is 0.00135 e. The highest BCUT2D eigenvalue weighted by Gasteiger charge is 2.15. The molecule has 0 heteroatoms. The molecule has 0 saturated carbocycles. The van der Waals surface area contributed by atoms with E-state index in [2.05, 4.69) is 67.6 Å². The molecule has 4 rings (SSSR count). The molecule has 0 aromatic heterocycles. The largest absolute Gasteiger partial charge is 0.0622 e. The Morgan fingerprint density at radius 3 is 1.45 bits per heavy atom. The van der Waals surface area contributed by atoms with Crippen molar-refractivity contribution in [3.8, 4) is 11.1 Å². The zero-order chi connectivity index (χ0) is 13.8. The van der Waals surface area contributed by atoms with E-state index in [1.54, 1.807) is 0 Å². The van der Waals surface area contributed by atoms with Crippen LogP contribution in [0.25, 0.3) is 11.1 Å². The van der Waals surface area contributed by atoms with Crippen LogP contribution in [0, 0.1) is 6.92 Å². The monoisotopic (exact) mass is 258 g/mol. The molecular weight excluding hydrogens is 240 g/mol. The number of aryl methyl sites for hydroxylation is 1. The van der Waals surface area contributed by atoms with Gasteiger partial charge in [-0.25, -0.2) is 0 Å². The van der Waals surface area contributed by atoms with Crippen LogP contribution in [0.2, 0.25) is 0 Å². The van der Waals surface area contributed by atoms with Crippen molar-refractivity contribution in [2.75, 3.05) is 0 Å². The first-order valence-electron chi connectivity index (χ1n) is 7.02. The molecule has 0 nitrogen and oxygen atoms in total. The minimum absolute atomic E-state index is 1.10. The van der Waals surface area contributed by atoms with Gasteiger partial charge in [-0.2, -0.15) is 0 Å². The van der Waals surface area contributed by atoms with Crippen LogP contribution in [-0.4, -0.2) is 0 Å². The lowest BCUT2D eigenvalue weighted by molar-refractivity contribution is 1.26. The molecule has 3 aromatic carbocycles. The van der Waals surface area contributed by atoms with E-state index >= 15 is 0 Å². The molecule has 3 aromatic rings. The zero-order valence-electron chi connectivity index (χ0n) is 11.7. The van der Waals surface area contributed by atoms with Gasteiger partial charge in [0.05, 0.1) is 0 Å². The molecule has 0 spiro atoms. The minimum Gasteiger partial charge on any atom is -0.0622 e. The van der Waals surface area contributed by atoms with Gasteiger partial charge < -0.3 is 0 Å². The van der Waals surface area contributed by atoms with Crippen LogP contribution in [0.1, 0.15) is 16.7 Å². The van der Waals surface area contributed by atoms with E-state index < -0.39 is 0 Å². The molecule has 98 valence electrons. The van der Waals surface area contributed by atoms with Crippen molar-refractivity contribution in [3.05, 3.63) is 95.6 Å². The fourth-order valence-electron chi connectivity index (χ4n) is 2.61. The predicted molar refractivity (Wildman–Crippen MR) is 85.9 cm³/mol. The first-order chi connectivity index (χ1) is 9.84. The minimum atomic E-state index is 1.10. The summed E-state index contributed by atoms with van der Waals surface area (Å²) in [4.78, 5) is 0. The predicted octanol–water partition coefficient (Wildman–Crippen LogP) is 5.25. The van der Waals surface area contributed by atoms with Crippen LogP contribution in [0.4, 0.5) is 0 Å². The highest BCUT2D eigenvalue weighted by atomic mass is 14.2. The second kappa shape index (κ2) is 5.75. The van der Waals surface area contributed by atoms with Gasteiger partial charge in [0.15, 0.2) is 0 Å². The maximum Gasteiger partial charge on any atom is -0.00135 e. The summed E-state index contributed by atoms with van der Waals surface area (Å²) in [5.41, 5.74) is 7.08. The molecule has 0 saturated heterocycles. The number of hydrogen-bond acceptors (Lipinski definition) is 0. The Bertz CT molecular complexity index is 652. The van der Waals surface area contributed by atoms with Crippen LogP contribution in [0.3, 0.4) is 0 Å². The lowest BCUT2D eigenvalue weighted by Crippen LogP contribution is -1.77. The van der Waals surface area contributed by atoms with Crippen LogP contribution in [0.5, 0.6) is 0 Å². The third kappa shape index (κ3) is 2.65. The maximum atomic E-state index is 2.22. The van der Waals surface area contributed by atoms with Gasteiger partial charge >= 0.3 is 0 Å². The summed E-state index contributed by atoms with van der Waals surface area (Å²) in [6, 6.07) is 27.6. The van der Waals surface area contributed by atoms with Crippen molar-refractivity contribution in [2.24, 2.45) is 0 Å². The normalized spacial score (nSPS) is 11.1. The van der Waals surface area contributed by atoms with Gasteiger partial charge in [-0.15, -0.1) is 0 Å². The Labute approximate surface area is 120 Å². The van der Waals surface area contributed by atoms with E-state index in [0.717, 1.165) is 6.42 Å². The Hall–Kier alpha value is -2.34. The Morgan fingerprint density at radius 2 is 1.00 bits per heavy atom. The van der Waals surface area contributed by atoms with Gasteiger partial charge in [0.2, 0.25) is 0 Å². The average Bonchev–Trinajstić information content (AvgIpc) is 2.87. The molecule has 0 bridgehead atoms. The Kier molecular flexibility index (Phi) is 3.64. The Balaban J connectivity index is 0.000000147. The summed E-state index contributed by atoms with van der Waals surface area (Å²) in [7, 11) is 0. The van der Waals surface area contributed by atoms with E-state index in [-0.39, 0.29) is 0 Å². The zero-order valence-corrected chi connectivity index (χ0v) is 11.7. The maximum absolute atomic E-state index is 2.22. The van der Waals surface area contributed by atoms with E-state index in [0.29, 0.717) is 0 Å². The van der Waals surface area contributed by atoms with E-state index in [1.165, 1.54) is 27.8 Å². The third-order valence-electron chi connectivity index (χ3n) is 3.65. The number of benzene rings is 3. The molecule has 0 unspecified atom stereocenters.